The molecule has 0 aliphatic carbocycles. The Balaban J connectivity index is 2.23. The van der Waals surface area contributed by atoms with Crippen LogP contribution < -0.4 is 0 Å². The molecule has 1 N–H and O–H groups in total. The summed E-state index contributed by atoms with van der Waals surface area (Å²) in [5.74, 6) is -1.06. The maximum Gasteiger partial charge on any atom is 0.320 e. The predicted octanol–water partition coefficient (Wildman–Crippen LogP) is 2.05. The van der Waals surface area contributed by atoms with Gasteiger partial charge >= 0.3 is 5.97 Å². The quantitative estimate of drug-likeness (QED) is 0.874. The lowest BCUT2D eigenvalue weighted by molar-refractivity contribution is -0.143. The Morgan fingerprint density at radius 1 is 1.59 bits per heavy atom. The Morgan fingerprint density at radius 3 is 3.00 bits per heavy atom. The Morgan fingerprint density at radius 2 is 2.35 bits per heavy atom. The van der Waals surface area contributed by atoms with Gasteiger partial charge in [-0.15, -0.1) is 0 Å². The third kappa shape index (κ3) is 2.31. The average molecular weight is 237 g/mol. The molecule has 1 aliphatic rings. The fraction of sp³-hybridized carbons (Fsp3) is 0.462. The van der Waals surface area contributed by atoms with E-state index in [1.807, 2.05) is 17.9 Å². The number of carbonyl (C=O) groups is 1. The number of aliphatic carboxylic acids is 1. The van der Waals surface area contributed by atoms with Crippen molar-refractivity contribution in [2.45, 2.75) is 32.4 Å². The molecule has 0 amide bonds. The molecule has 17 heavy (non-hydrogen) atoms. The van der Waals surface area contributed by atoms with Crippen molar-refractivity contribution in [2.24, 2.45) is 0 Å². The summed E-state index contributed by atoms with van der Waals surface area (Å²) in [6.07, 6.45) is 1.26. The summed E-state index contributed by atoms with van der Waals surface area (Å²) in [5, 5.41) is 9.11. The van der Waals surface area contributed by atoms with Crippen LogP contribution in [0.3, 0.4) is 0 Å². The lowest BCUT2D eigenvalue weighted by Crippen LogP contribution is -2.43. The van der Waals surface area contributed by atoms with Gasteiger partial charge in [-0.25, -0.2) is 4.39 Å². The van der Waals surface area contributed by atoms with Gasteiger partial charge < -0.3 is 5.11 Å². The first kappa shape index (κ1) is 12.0. The molecule has 3 nitrogen and oxygen atoms in total. The molecule has 1 aromatic carbocycles. The van der Waals surface area contributed by atoms with E-state index in [1.165, 1.54) is 6.07 Å². The number of fused-ring (bicyclic) bond motifs is 1. The van der Waals surface area contributed by atoms with Crippen molar-refractivity contribution >= 4 is 5.97 Å². The van der Waals surface area contributed by atoms with Crippen LogP contribution in [0.2, 0.25) is 0 Å². The van der Waals surface area contributed by atoms with Gasteiger partial charge in [0, 0.05) is 18.7 Å². The van der Waals surface area contributed by atoms with Gasteiger partial charge in [-0.05, 0) is 24.5 Å². The Bertz CT molecular complexity index is 433. The van der Waals surface area contributed by atoms with Gasteiger partial charge in [-0.3, -0.25) is 9.69 Å². The summed E-state index contributed by atoms with van der Waals surface area (Å²) in [6, 6.07) is 4.54. The molecule has 0 saturated heterocycles. The van der Waals surface area contributed by atoms with Crippen molar-refractivity contribution in [3.63, 3.8) is 0 Å². The first-order valence-corrected chi connectivity index (χ1v) is 5.86. The molecule has 1 atom stereocenters. The molecule has 0 spiro atoms. The van der Waals surface area contributed by atoms with Crippen molar-refractivity contribution in [3.05, 3.63) is 35.1 Å². The highest BCUT2D eigenvalue weighted by Crippen LogP contribution is 2.23. The number of nitrogens with zero attached hydrogens (tertiary/aromatic N) is 1. The molecule has 2 rings (SSSR count). The molecule has 1 unspecified atom stereocenters. The number of halogens is 1. The summed E-state index contributed by atoms with van der Waals surface area (Å²) >= 11 is 0. The standard InChI is InChI=1S/C13H16FNO2/c1-2-12(13(16)17)15-7-6-9-4-3-5-11(14)10(9)8-15/h3-5,12H,2,6-8H2,1H3,(H,16,17). The van der Waals surface area contributed by atoms with Crippen LogP contribution in [0.15, 0.2) is 18.2 Å². The van der Waals surface area contributed by atoms with Crippen LogP contribution in [0.4, 0.5) is 4.39 Å². The number of benzene rings is 1. The molecule has 0 radical (unpaired) electrons. The monoisotopic (exact) mass is 237 g/mol. The highest BCUT2D eigenvalue weighted by atomic mass is 19.1. The second-order valence-corrected chi connectivity index (χ2v) is 4.36. The van der Waals surface area contributed by atoms with Gasteiger partial charge in [0.2, 0.25) is 0 Å². The number of carboxylic acid groups (broad SMARTS) is 1. The zero-order chi connectivity index (χ0) is 12.4. The summed E-state index contributed by atoms with van der Waals surface area (Å²) in [6.45, 7) is 2.92. The molecule has 0 aromatic heterocycles. The maximum absolute atomic E-state index is 13.6. The Labute approximate surface area is 99.9 Å². The maximum atomic E-state index is 13.6. The average Bonchev–Trinajstić information content (AvgIpc) is 2.30. The topological polar surface area (TPSA) is 40.5 Å². The van der Waals surface area contributed by atoms with E-state index < -0.39 is 12.0 Å². The van der Waals surface area contributed by atoms with E-state index in [0.717, 1.165) is 12.0 Å². The van der Waals surface area contributed by atoms with E-state index in [4.69, 9.17) is 5.11 Å². The molecule has 1 aromatic rings. The van der Waals surface area contributed by atoms with Crippen molar-refractivity contribution in [1.29, 1.82) is 0 Å². The van der Waals surface area contributed by atoms with Crippen molar-refractivity contribution < 1.29 is 14.3 Å². The summed E-state index contributed by atoms with van der Waals surface area (Å²) in [4.78, 5) is 12.9. The molecular formula is C13H16FNO2. The zero-order valence-electron chi connectivity index (χ0n) is 9.82. The van der Waals surface area contributed by atoms with Crippen LogP contribution in [0.25, 0.3) is 0 Å². The van der Waals surface area contributed by atoms with Gasteiger partial charge in [-0.2, -0.15) is 0 Å². The zero-order valence-corrected chi connectivity index (χ0v) is 9.82. The molecule has 0 bridgehead atoms. The summed E-state index contributed by atoms with van der Waals surface area (Å²) in [7, 11) is 0. The number of hydrogen-bond acceptors (Lipinski definition) is 2. The van der Waals surface area contributed by atoms with Crippen molar-refractivity contribution in [1.82, 2.24) is 4.90 Å². The van der Waals surface area contributed by atoms with E-state index in [-0.39, 0.29) is 5.82 Å². The molecule has 1 aliphatic heterocycles. The summed E-state index contributed by atoms with van der Waals surface area (Å²) in [5.41, 5.74) is 1.65. The predicted molar refractivity (Wildman–Crippen MR) is 62.2 cm³/mol. The minimum atomic E-state index is -0.827. The van der Waals surface area contributed by atoms with Crippen molar-refractivity contribution in [3.8, 4) is 0 Å². The van der Waals surface area contributed by atoms with Crippen LogP contribution in [-0.4, -0.2) is 28.6 Å². The van der Waals surface area contributed by atoms with Gasteiger partial charge in [0.05, 0.1) is 0 Å². The highest BCUT2D eigenvalue weighted by Gasteiger charge is 2.28. The Kier molecular flexibility index (Phi) is 3.43. The lowest BCUT2D eigenvalue weighted by atomic mass is 9.97. The minimum absolute atomic E-state index is 0.229. The second kappa shape index (κ2) is 4.84. The van der Waals surface area contributed by atoms with Crippen LogP contribution in [0, 0.1) is 5.82 Å². The van der Waals surface area contributed by atoms with Gasteiger partial charge in [0.25, 0.3) is 0 Å². The normalized spacial score (nSPS) is 17.5. The lowest BCUT2D eigenvalue weighted by Gasteiger charge is -2.32. The van der Waals surface area contributed by atoms with Crippen LogP contribution in [-0.2, 0) is 17.8 Å². The molecule has 4 heteroatoms. The number of carboxylic acids is 1. The minimum Gasteiger partial charge on any atom is -0.480 e. The number of hydrogen-bond donors (Lipinski definition) is 1. The third-order valence-electron chi connectivity index (χ3n) is 3.36. The Hall–Kier alpha value is -1.42. The highest BCUT2D eigenvalue weighted by molar-refractivity contribution is 5.73. The third-order valence-corrected chi connectivity index (χ3v) is 3.36. The van der Waals surface area contributed by atoms with E-state index in [1.54, 1.807) is 6.07 Å². The van der Waals surface area contributed by atoms with Crippen molar-refractivity contribution in [2.75, 3.05) is 6.54 Å². The van der Waals surface area contributed by atoms with Gasteiger partial charge in [-0.1, -0.05) is 19.1 Å². The molecule has 1 heterocycles. The largest absolute Gasteiger partial charge is 0.480 e. The SMILES string of the molecule is CCC(C(=O)O)N1CCc2cccc(F)c2C1. The van der Waals surface area contributed by atoms with E-state index in [9.17, 15) is 9.18 Å². The second-order valence-electron chi connectivity index (χ2n) is 4.36. The van der Waals surface area contributed by atoms with E-state index in [0.29, 0.717) is 25.1 Å². The van der Waals surface area contributed by atoms with Crippen LogP contribution in [0.1, 0.15) is 24.5 Å². The molecule has 92 valence electrons. The molecule has 0 saturated carbocycles. The fourth-order valence-corrected chi connectivity index (χ4v) is 2.42. The van der Waals surface area contributed by atoms with E-state index in [2.05, 4.69) is 0 Å². The van der Waals surface area contributed by atoms with Crippen LogP contribution in [0.5, 0.6) is 0 Å². The van der Waals surface area contributed by atoms with Crippen LogP contribution >= 0.6 is 0 Å². The fourth-order valence-electron chi connectivity index (χ4n) is 2.42. The first-order valence-electron chi connectivity index (χ1n) is 5.86. The first-order chi connectivity index (χ1) is 8.13. The van der Waals surface area contributed by atoms with E-state index >= 15 is 0 Å². The molecule has 0 fully saturated rings. The van der Waals surface area contributed by atoms with Gasteiger partial charge in [0.15, 0.2) is 0 Å². The molecular weight excluding hydrogens is 221 g/mol. The van der Waals surface area contributed by atoms with Gasteiger partial charge in [0.1, 0.15) is 11.9 Å². The summed E-state index contributed by atoms with van der Waals surface area (Å²) < 4.78 is 13.6. The number of rotatable bonds is 3. The smallest absolute Gasteiger partial charge is 0.320 e.